The Morgan fingerprint density at radius 3 is 2.52 bits per heavy atom. The fourth-order valence-corrected chi connectivity index (χ4v) is 3.09. The van der Waals surface area contributed by atoms with Crippen LogP contribution >= 0.6 is 0 Å². The Bertz CT molecular complexity index is 1020. The van der Waals surface area contributed by atoms with Gasteiger partial charge in [0.2, 0.25) is 10.0 Å². The van der Waals surface area contributed by atoms with Gasteiger partial charge in [-0.2, -0.15) is 0 Å². The number of benzene rings is 2. The van der Waals surface area contributed by atoms with E-state index < -0.39 is 20.9 Å². The van der Waals surface area contributed by atoms with Crippen molar-refractivity contribution in [1.82, 2.24) is 0 Å². The zero-order valence-electron chi connectivity index (χ0n) is 16.2. The highest BCUT2D eigenvalue weighted by Crippen LogP contribution is 2.27. The molecule has 2 aromatic carbocycles. The first kappa shape index (κ1) is 22.1. The number of nitro groups is 1. The topological polar surface area (TPSA) is 140 Å². The van der Waals surface area contributed by atoms with Gasteiger partial charge in [0.15, 0.2) is 0 Å². The summed E-state index contributed by atoms with van der Waals surface area (Å²) in [5, 5.41) is 16.8. The lowest BCUT2D eigenvalue weighted by molar-refractivity contribution is -0.384. The zero-order valence-corrected chi connectivity index (χ0v) is 17.0. The molecule has 0 atom stereocenters. The van der Waals surface area contributed by atoms with Gasteiger partial charge in [-0.05, 0) is 36.8 Å². The average Bonchev–Trinajstić information content (AvgIpc) is 2.63. The summed E-state index contributed by atoms with van der Waals surface area (Å²) in [6, 6.07) is 8.82. The Kier molecular flexibility index (Phi) is 7.13. The van der Waals surface area contributed by atoms with Gasteiger partial charge in [0, 0.05) is 31.0 Å². The first-order chi connectivity index (χ1) is 13.6. The highest BCUT2D eigenvalue weighted by molar-refractivity contribution is 7.92. The molecule has 0 aliphatic carbocycles. The third kappa shape index (κ3) is 6.43. The van der Waals surface area contributed by atoms with Crippen LogP contribution in [0.15, 0.2) is 36.4 Å². The third-order valence-corrected chi connectivity index (χ3v) is 4.46. The Hall–Kier alpha value is -3.18. The van der Waals surface area contributed by atoms with Gasteiger partial charge < -0.3 is 15.4 Å². The van der Waals surface area contributed by atoms with E-state index in [1.54, 1.807) is 19.1 Å². The summed E-state index contributed by atoms with van der Waals surface area (Å²) in [6.07, 6.45) is 1.03. The van der Waals surface area contributed by atoms with E-state index in [1.165, 1.54) is 31.4 Å². The maximum atomic E-state index is 12.5. The van der Waals surface area contributed by atoms with Crippen LogP contribution in [0.3, 0.4) is 0 Å². The number of sulfonamides is 1. The lowest BCUT2D eigenvalue weighted by Gasteiger charge is -2.12. The van der Waals surface area contributed by atoms with Crippen molar-refractivity contribution in [2.24, 2.45) is 0 Å². The van der Waals surface area contributed by atoms with Gasteiger partial charge in [0.1, 0.15) is 5.69 Å². The molecule has 1 amide bonds. The molecule has 0 aromatic heterocycles. The summed E-state index contributed by atoms with van der Waals surface area (Å²) < 4.78 is 30.2. The number of hydrogen-bond acceptors (Lipinski definition) is 7. The Morgan fingerprint density at radius 1 is 1.17 bits per heavy atom. The predicted molar refractivity (Wildman–Crippen MR) is 111 cm³/mol. The molecule has 0 radical (unpaired) electrons. The van der Waals surface area contributed by atoms with E-state index in [1.807, 2.05) is 0 Å². The first-order valence-corrected chi connectivity index (χ1v) is 10.4. The summed E-state index contributed by atoms with van der Waals surface area (Å²) in [5.41, 5.74) is 1.48. The van der Waals surface area contributed by atoms with E-state index in [0.29, 0.717) is 30.1 Å². The number of aryl methyl sites for hydroxylation is 1. The molecule has 156 valence electrons. The molecule has 10 nitrogen and oxygen atoms in total. The fraction of sp³-hybridized carbons (Fsp3) is 0.278. The lowest BCUT2D eigenvalue weighted by atomic mass is 10.1. The van der Waals surface area contributed by atoms with Crippen LogP contribution in [-0.4, -0.2) is 45.8 Å². The van der Waals surface area contributed by atoms with E-state index >= 15 is 0 Å². The van der Waals surface area contributed by atoms with Gasteiger partial charge in [-0.1, -0.05) is 6.07 Å². The summed E-state index contributed by atoms with van der Waals surface area (Å²) >= 11 is 0. The number of nitrogens with zero attached hydrogens (tertiary/aromatic N) is 1. The highest BCUT2D eigenvalue weighted by atomic mass is 32.2. The molecule has 3 N–H and O–H groups in total. The second kappa shape index (κ2) is 9.34. The maximum Gasteiger partial charge on any atom is 0.293 e. The van der Waals surface area contributed by atoms with Crippen LogP contribution in [0.2, 0.25) is 0 Å². The number of carbonyl (C=O) groups excluding carboxylic acids is 1. The van der Waals surface area contributed by atoms with Crippen molar-refractivity contribution < 1.29 is 22.9 Å². The number of nitrogens with one attached hydrogen (secondary N) is 3. The van der Waals surface area contributed by atoms with Gasteiger partial charge in [0.25, 0.3) is 11.6 Å². The molecule has 0 spiro atoms. The number of rotatable bonds is 9. The number of methoxy groups -OCH3 is 1. The molecule has 0 fully saturated rings. The Labute approximate surface area is 168 Å². The lowest BCUT2D eigenvalue weighted by Crippen LogP contribution is -2.15. The molecule has 0 saturated heterocycles. The van der Waals surface area contributed by atoms with Gasteiger partial charge in [0.05, 0.1) is 23.5 Å². The summed E-state index contributed by atoms with van der Waals surface area (Å²) in [5.74, 6) is -0.564. The number of carbonyl (C=O) groups is 1. The summed E-state index contributed by atoms with van der Waals surface area (Å²) in [4.78, 5) is 23.3. The zero-order chi connectivity index (χ0) is 21.6. The number of hydrogen-bond donors (Lipinski definition) is 3. The largest absolute Gasteiger partial charge is 0.383 e. The van der Waals surface area contributed by atoms with E-state index in [9.17, 15) is 23.3 Å². The molecule has 2 aromatic rings. The molecule has 2 rings (SSSR count). The van der Waals surface area contributed by atoms with Crippen LogP contribution in [0.1, 0.15) is 15.9 Å². The second-order valence-electron chi connectivity index (χ2n) is 6.27. The smallest absolute Gasteiger partial charge is 0.293 e. The molecule has 0 aliphatic heterocycles. The molecule has 0 aliphatic rings. The Balaban J connectivity index is 2.23. The molecule has 0 heterocycles. The highest BCUT2D eigenvalue weighted by Gasteiger charge is 2.18. The standard InChI is InChI=1S/C18H22N4O6S/c1-12-4-6-14(11-16(12)21-29(3,26)27)20-18(23)13-5-7-15(19-8-9-28-2)17(10-13)22(24)25/h4-7,10-11,19,21H,8-9H2,1-3H3,(H,20,23). The number of amides is 1. The van der Waals surface area contributed by atoms with Crippen LogP contribution in [0, 0.1) is 17.0 Å². The minimum absolute atomic E-state index is 0.0900. The third-order valence-electron chi connectivity index (χ3n) is 3.87. The number of ether oxygens (including phenoxy) is 1. The van der Waals surface area contributed by atoms with Crippen molar-refractivity contribution in [2.45, 2.75) is 6.92 Å². The van der Waals surface area contributed by atoms with Crippen molar-refractivity contribution in [2.75, 3.05) is 41.9 Å². The van der Waals surface area contributed by atoms with Crippen LogP contribution in [0.5, 0.6) is 0 Å². The van der Waals surface area contributed by atoms with Crippen LogP contribution < -0.4 is 15.4 Å². The van der Waals surface area contributed by atoms with Crippen molar-refractivity contribution in [1.29, 1.82) is 0 Å². The van der Waals surface area contributed by atoms with Crippen LogP contribution in [0.25, 0.3) is 0 Å². The van der Waals surface area contributed by atoms with Gasteiger partial charge in [-0.25, -0.2) is 8.42 Å². The number of nitro benzene ring substituents is 1. The monoisotopic (exact) mass is 422 g/mol. The minimum Gasteiger partial charge on any atom is -0.383 e. The van der Waals surface area contributed by atoms with E-state index in [2.05, 4.69) is 15.4 Å². The summed E-state index contributed by atoms with van der Waals surface area (Å²) in [6.45, 7) is 2.47. The molecular weight excluding hydrogens is 400 g/mol. The maximum absolute atomic E-state index is 12.5. The SMILES string of the molecule is COCCNc1ccc(C(=O)Nc2ccc(C)c(NS(C)(=O)=O)c2)cc1[N+](=O)[O-]. The van der Waals surface area contributed by atoms with Crippen LogP contribution in [0.4, 0.5) is 22.7 Å². The first-order valence-electron chi connectivity index (χ1n) is 8.52. The van der Waals surface area contributed by atoms with E-state index in [0.717, 1.165) is 6.26 Å². The van der Waals surface area contributed by atoms with Crippen molar-refractivity contribution in [3.05, 3.63) is 57.6 Å². The van der Waals surface area contributed by atoms with E-state index in [-0.39, 0.29) is 16.9 Å². The van der Waals surface area contributed by atoms with Crippen molar-refractivity contribution in [3.8, 4) is 0 Å². The molecule has 29 heavy (non-hydrogen) atoms. The normalized spacial score (nSPS) is 11.0. The molecule has 0 saturated carbocycles. The molecule has 0 bridgehead atoms. The van der Waals surface area contributed by atoms with Gasteiger partial charge >= 0.3 is 0 Å². The quantitative estimate of drug-likeness (QED) is 0.320. The van der Waals surface area contributed by atoms with Crippen LogP contribution in [-0.2, 0) is 14.8 Å². The van der Waals surface area contributed by atoms with Gasteiger partial charge in [-0.15, -0.1) is 0 Å². The minimum atomic E-state index is -3.48. The molecule has 11 heteroatoms. The predicted octanol–water partition coefficient (Wildman–Crippen LogP) is 2.59. The van der Waals surface area contributed by atoms with E-state index in [4.69, 9.17) is 4.74 Å². The second-order valence-corrected chi connectivity index (χ2v) is 8.02. The average molecular weight is 422 g/mol. The fourth-order valence-electron chi connectivity index (χ4n) is 2.47. The molecule has 0 unspecified atom stereocenters. The van der Waals surface area contributed by atoms with Gasteiger partial charge in [-0.3, -0.25) is 19.6 Å². The van der Waals surface area contributed by atoms with Crippen molar-refractivity contribution in [3.63, 3.8) is 0 Å². The van der Waals surface area contributed by atoms with Crippen molar-refractivity contribution >= 4 is 38.7 Å². The molecular formula is C18H22N4O6S. The Morgan fingerprint density at radius 2 is 1.90 bits per heavy atom. The summed E-state index contributed by atoms with van der Waals surface area (Å²) in [7, 11) is -1.96. The number of anilines is 3.